The molecule has 1 aliphatic heterocycles. The van der Waals surface area contributed by atoms with Crippen molar-refractivity contribution in [1.29, 1.82) is 0 Å². The van der Waals surface area contributed by atoms with Crippen LogP contribution in [-0.2, 0) is 31.7 Å². The highest BCUT2D eigenvalue weighted by atomic mass is 32.2. The molecule has 6 nitrogen and oxygen atoms in total. The monoisotopic (exact) mass is 388 g/mol. The number of sulfonamides is 1. The number of amides is 1. The Kier molecular flexibility index (Phi) is 6.60. The Balaban J connectivity index is 1.76. The zero-order valence-electron chi connectivity index (χ0n) is 15.1. The highest BCUT2D eigenvalue weighted by Crippen LogP contribution is 2.11. The summed E-state index contributed by atoms with van der Waals surface area (Å²) in [4.78, 5) is 14.6. The fourth-order valence-corrected chi connectivity index (χ4v) is 4.42. The molecule has 2 aromatic carbocycles. The average Bonchev–Trinajstić information content (AvgIpc) is 2.68. The highest BCUT2D eigenvalue weighted by molar-refractivity contribution is 7.88. The fourth-order valence-electron chi connectivity index (χ4n) is 3.09. The van der Waals surface area contributed by atoms with Crippen molar-refractivity contribution < 1.29 is 17.9 Å². The van der Waals surface area contributed by atoms with Gasteiger partial charge in [0.1, 0.15) is 6.04 Å². The van der Waals surface area contributed by atoms with Crippen LogP contribution in [0.25, 0.3) is 0 Å². The Morgan fingerprint density at radius 2 is 1.52 bits per heavy atom. The maximum absolute atomic E-state index is 13.0. The molecule has 27 heavy (non-hydrogen) atoms. The molecule has 0 saturated carbocycles. The largest absolute Gasteiger partial charge is 0.378 e. The number of nitrogens with one attached hydrogen (secondary N) is 1. The predicted molar refractivity (Wildman–Crippen MR) is 104 cm³/mol. The fraction of sp³-hybridized carbons (Fsp3) is 0.350. The standard InChI is InChI=1S/C20H24N2O4S/c23-20(22-11-13-26-14-12-22)19(15-17-7-3-1-4-8-17)21-27(24,25)16-18-9-5-2-6-10-18/h1-10,19,21H,11-16H2/t19-/m1/s1. The van der Waals surface area contributed by atoms with Gasteiger partial charge in [-0.15, -0.1) is 0 Å². The van der Waals surface area contributed by atoms with E-state index in [4.69, 9.17) is 4.74 Å². The molecule has 1 N–H and O–H groups in total. The van der Waals surface area contributed by atoms with Gasteiger partial charge in [0.2, 0.25) is 15.9 Å². The number of carbonyl (C=O) groups excluding carboxylic acids is 1. The van der Waals surface area contributed by atoms with E-state index in [0.717, 1.165) is 5.56 Å². The molecule has 0 spiro atoms. The Hall–Kier alpha value is -2.22. The summed E-state index contributed by atoms with van der Waals surface area (Å²) in [6, 6.07) is 17.6. The summed E-state index contributed by atoms with van der Waals surface area (Å²) in [6.07, 6.45) is 0.311. The third kappa shape index (κ3) is 5.89. The van der Waals surface area contributed by atoms with Gasteiger partial charge in [-0.1, -0.05) is 60.7 Å². The first-order valence-electron chi connectivity index (χ1n) is 8.98. The van der Waals surface area contributed by atoms with Crippen molar-refractivity contribution in [2.75, 3.05) is 26.3 Å². The average molecular weight is 388 g/mol. The quantitative estimate of drug-likeness (QED) is 0.781. The van der Waals surface area contributed by atoms with Crippen molar-refractivity contribution in [2.45, 2.75) is 18.2 Å². The van der Waals surface area contributed by atoms with Crippen molar-refractivity contribution in [3.63, 3.8) is 0 Å². The predicted octanol–water partition coefficient (Wildman–Crippen LogP) is 1.58. The van der Waals surface area contributed by atoms with Crippen molar-refractivity contribution in [2.24, 2.45) is 0 Å². The molecule has 2 aromatic rings. The van der Waals surface area contributed by atoms with Crippen LogP contribution >= 0.6 is 0 Å². The van der Waals surface area contributed by atoms with Crippen LogP contribution in [0.3, 0.4) is 0 Å². The Morgan fingerprint density at radius 3 is 2.11 bits per heavy atom. The summed E-state index contributed by atoms with van der Waals surface area (Å²) in [7, 11) is -3.67. The summed E-state index contributed by atoms with van der Waals surface area (Å²) in [5.41, 5.74) is 1.59. The van der Waals surface area contributed by atoms with Gasteiger partial charge in [0.25, 0.3) is 0 Å². The molecule has 0 unspecified atom stereocenters. The minimum Gasteiger partial charge on any atom is -0.378 e. The van der Waals surface area contributed by atoms with Gasteiger partial charge in [-0.2, -0.15) is 0 Å². The van der Waals surface area contributed by atoms with Crippen LogP contribution in [0.2, 0.25) is 0 Å². The molecule has 0 bridgehead atoms. The molecular weight excluding hydrogens is 364 g/mol. The first kappa shape index (κ1) is 19.5. The molecule has 144 valence electrons. The zero-order chi connectivity index (χ0) is 19.1. The van der Waals surface area contributed by atoms with E-state index in [1.165, 1.54) is 0 Å². The Morgan fingerprint density at radius 1 is 0.963 bits per heavy atom. The molecule has 3 rings (SSSR count). The third-order valence-electron chi connectivity index (χ3n) is 4.42. The van der Waals surface area contributed by atoms with Gasteiger partial charge >= 0.3 is 0 Å². The molecule has 0 aromatic heterocycles. The Bertz CT molecular complexity index is 835. The summed E-state index contributed by atoms with van der Waals surface area (Å²) < 4.78 is 33.3. The van der Waals surface area contributed by atoms with E-state index in [1.54, 1.807) is 29.2 Å². The minimum atomic E-state index is -3.67. The molecule has 1 fully saturated rings. The molecule has 1 aliphatic rings. The SMILES string of the molecule is O=C([C@@H](Cc1ccccc1)NS(=O)(=O)Cc1ccccc1)N1CCOCC1. The van der Waals surface area contributed by atoms with Gasteiger partial charge in [-0.25, -0.2) is 13.1 Å². The van der Waals surface area contributed by atoms with Crippen LogP contribution in [0, 0.1) is 0 Å². The van der Waals surface area contributed by atoms with E-state index in [-0.39, 0.29) is 11.7 Å². The number of morpholine rings is 1. The second-order valence-electron chi connectivity index (χ2n) is 6.54. The van der Waals surface area contributed by atoms with E-state index < -0.39 is 16.1 Å². The lowest BCUT2D eigenvalue weighted by Crippen LogP contribution is -2.52. The van der Waals surface area contributed by atoms with Gasteiger partial charge in [0, 0.05) is 13.1 Å². The summed E-state index contributed by atoms with van der Waals surface area (Å²) in [5, 5.41) is 0. The van der Waals surface area contributed by atoms with Crippen LogP contribution in [0.5, 0.6) is 0 Å². The minimum absolute atomic E-state index is 0.157. The van der Waals surface area contributed by atoms with Crippen molar-refractivity contribution in [1.82, 2.24) is 9.62 Å². The van der Waals surface area contributed by atoms with Crippen LogP contribution in [0.4, 0.5) is 0 Å². The molecule has 0 radical (unpaired) electrons. The van der Waals surface area contributed by atoms with Crippen molar-refractivity contribution >= 4 is 15.9 Å². The van der Waals surface area contributed by atoms with Gasteiger partial charge < -0.3 is 9.64 Å². The van der Waals surface area contributed by atoms with Gasteiger partial charge in [-0.05, 0) is 17.5 Å². The summed E-state index contributed by atoms with van der Waals surface area (Å²) in [6.45, 7) is 1.90. The Labute approximate surface area is 160 Å². The lowest BCUT2D eigenvalue weighted by molar-refractivity contribution is -0.137. The molecular formula is C20H24N2O4S. The number of ether oxygens (including phenoxy) is 1. The summed E-state index contributed by atoms with van der Waals surface area (Å²) in [5.74, 6) is -0.367. The molecule has 1 amide bonds. The van der Waals surface area contributed by atoms with Gasteiger partial charge in [0.15, 0.2) is 0 Å². The molecule has 0 aliphatic carbocycles. The molecule has 7 heteroatoms. The van der Waals surface area contributed by atoms with E-state index in [1.807, 2.05) is 36.4 Å². The van der Waals surface area contributed by atoms with Crippen LogP contribution in [0.15, 0.2) is 60.7 Å². The smallest absolute Gasteiger partial charge is 0.241 e. The molecule has 1 saturated heterocycles. The highest BCUT2D eigenvalue weighted by Gasteiger charge is 2.29. The maximum Gasteiger partial charge on any atom is 0.241 e. The van der Waals surface area contributed by atoms with Crippen LogP contribution < -0.4 is 4.72 Å². The number of hydrogen-bond donors (Lipinski definition) is 1. The van der Waals surface area contributed by atoms with Gasteiger partial charge in [0.05, 0.1) is 19.0 Å². The first-order chi connectivity index (χ1) is 13.0. The lowest BCUT2D eigenvalue weighted by Gasteiger charge is -2.30. The van der Waals surface area contributed by atoms with Crippen LogP contribution in [-0.4, -0.2) is 51.6 Å². The number of rotatable bonds is 7. The first-order valence-corrected chi connectivity index (χ1v) is 10.6. The second-order valence-corrected chi connectivity index (χ2v) is 8.30. The summed E-state index contributed by atoms with van der Waals surface area (Å²) >= 11 is 0. The van der Waals surface area contributed by atoms with E-state index in [2.05, 4.69) is 4.72 Å². The maximum atomic E-state index is 13.0. The number of nitrogens with zero attached hydrogens (tertiary/aromatic N) is 1. The van der Waals surface area contributed by atoms with Crippen molar-refractivity contribution in [3.05, 3.63) is 71.8 Å². The van der Waals surface area contributed by atoms with Gasteiger partial charge in [-0.3, -0.25) is 4.79 Å². The molecule has 1 heterocycles. The normalized spacial score (nSPS) is 16.1. The van der Waals surface area contributed by atoms with Crippen molar-refractivity contribution in [3.8, 4) is 0 Å². The van der Waals surface area contributed by atoms with E-state index >= 15 is 0 Å². The van der Waals surface area contributed by atoms with Crippen LogP contribution in [0.1, 0.15) is 11.1 Å². The number of benzene rings is 2. The lowest BCUT2D eigenvalue weighted by atomic mass is 10.1. The number of hydrogen-bond acceptors (Lipinski definition) is 4. The van der Waals surface area contributed by atoms with E-state index in [0.29, 0.717) is 38.3 Å². The number of carbonyl (C=O) groups is 1. The zero-order valence-corrected chi connectivity index (χ0v) is 15.9. The second kappa shape index (κ2) is 9.12. The molecule has 1 atom stereocenters. The van der Waals surface area contributed by atoms with E-state index in [9.17, 15) is 13.2 Å². The topological polar surface area (TPSA) is 75.7 Å². The third-order valence-corrected chi connectivity index (χ3v) is 5.78.